The zero-order valence-electron chi connectivity index (χ0n) is 47.0. The van der Waals surface area contributed by atoms with Crippen LogP contribution in [-0.4, -0.2) is 138 Å². The van der Waals surface area contributed by atoms with Gasteiger partial charge in [-0.1, -0.05) is 87.9 Å². The molecule has 3 aromatic carbocycles. The van der Waals surface area contributed by atoms with Gasteiger partial charge in [0.25, 0.3) is 11.8 Å². The summed E-state index contributed by atoms with van der Waals surface area (Å²) in [5.41, 5.74) is 4.73. The van der Waals surface area contributed by atoms with Crippen LogP contribution in [0.25, 0.3) is 10.8 Å². The zero-order valence-corrected chi connectivity index (χ0v) is 47.7. The Morgan fingerprint density at radius 2 is 1.69 bits per heavy atom. The van der Waals surface area contributed by atoms with Gasteiger partial charge < -0.3 is 44.6 Å². The van der Waals surface area contributed by atoms with Crippen molar-refractivity contribution < 1.29 is 28.2 Å². The second kappa shape index (κ2) is 26.1. The van der Waals surface area contributed by atoms with E-state index in [-0.39, 0.29) is 42.9 Å². The third-order valence-corrected chi connectivity index (χ3v) is 17.3. The Bertz CT molecular complexity index is 3150. The summed E-state index contributed by atoms with van der Waals surface area (Å²) in [4.78, 5) is 71.3. The number of piperazine rings is 1. The number of amides is 3. The van der Waals surface area contributed by atoms with Gasteiger partial charge in [0.05, 0.1) is 54.8 Å². The molecular formula is C61H75ClFN13O5. The highest BCUT2D eigenvalue weighted by molar-refractivity contribution is 6.36. The standard InChI is InChI=1S/C61H75ClFN13O5/c1-5-50-59(79)71(3)52-36-66-60(69-56(52)76(50)43-19-10-11-20-43)67-48-25-24-42(35-53(48)80-4)57(77)65-29-12-8-6-7-9-13-30-72-31-16-21-45(72)39-81-61-68-49-38-73(51-23-15-18-41-17-14-22-47(62)54(41)51)32-27-46(49)55(70-61)74-33-34-75(58(78)40(2)63)44(37-74)26-28-64/h14-15,17-18,22-25,35-36,43-45,50H,2,5-13,16,19-21,26-27,29-34,37-39H2,1,3-4H3,(H,65,77)(H,66,67,69)/t44-,45-,50+/m0/s1. The van der Waals surface area contributed by atoms with Gasteiger partial charge in [-0.25, -0.2) is 9.37 Å². The van der Waals surface area contributed by atoms with Crippen LogP contribution in [0.15, 0.2) is 73.2 Å². The second-order valence-electron chi connectivity index (χ2n) is 22.0. The van der Waals surface area contributed by atoms with Crippen LogP contribution in [0.5, 0.6) is 11.8 Å². The Hall–Kier alpha value is -7.30. The number of hydrogen-bond donors (Lipinski definition) is 2. The van der Waals surface area contributed by atoms with Crippen LogP contribution < -0.4 is 39.7 Å². The maximum absolute atomic E-state index is 14.1. The highest BCUT2D eigenvalue weighted by Gasteiger charge is 2.42. The van der Waals surface area contributed by atoms with E-state index in [9.17, 15) is 24.0 Å². The summed E-state index contributed by atoms with van der Waals surface area (Å²) in [6, 6.07) is 19.6. The average molecular weight is 1120 g/mol. The fourth-order valence-corrected chi connectivity index (χ4v) is 13.0. The van der Waals surface area contributed by atoms with E-state index in [2.05, 4.69) is 66.1 Å². The number of unbranched alkanes of at least 4 members (excludes halogenated alkanes) is 5. The van der Waals surface area contributed by atoms with Crippen molar-refractivity contribution in [1.82, 2.24) is 35.1 Å². The Labute approximate surface area is 479 Å². The molecule has 0 unspecified atom stereocenters. The Morgan fingerprint density at radius 1 is 0.901 bits per heavy atom. The first kappa shape index (κ1) is 57.0. The van der Waals surface area contributed by atoms with Crippen LogP contribution in [0.4, 0.5) is 39.0 Å². The van der Waals surface area contributed by atoms with Gasteiger partial charge in [0.1, 0.15) is 29.9 Å². The molecule has 81 heavy (non-hydrogen) atoms. The lowest BCUT2D eigenvalue weighted by molar-refractivity contribution is -0.131. The number of nitrogens with one attached hydrogen (secondary N) is 2. The Balaban J connectivity index is 0.693. The lowest BCUT2D eigenvalue weighted by Crippen LogP contribution is -2.55. The first-order valence-electron chi connectivity index (χ1n) is 29.1. The number of methoxy groups -OCH3 is 1. The van der Waals surface area contributed by atoms with E-state index in [1.807, 2.05) is 31.2 Å². The number of nitriles is 1. The van der Waals surface area contributed by atoms with Gasteiger partial charge in [0, 0.05) is 74.1 Å². The number of carbonyl (C=O) groups is 3. The van der Waals surface area contributed by atoms with E-state index in [0.29, 0.717) is 91.8 Å². The van der Waals surface area contributed by atoms with Gasteiger partial charge in [0.15, 0.2) is 11.6 Å². The summed E-state index contributed by atoms with van der Waals surface area (Å²) in [5.74, 6) is 0.472. The quantitative estimate of drug-likeness (QED) is 0.0492. The predicted octanol–water partition coefficient (Wildman–Crippen LogP) is 9.92. The van der Waals surface area contributed by atoms with Crippen molar-refractivity contribution in [3.8, 4) is 17.8 Å². The van der Waals surface area contributed by atoms with E-state index < -0.39 is 17.8 Å². The van der Waals surface area contributed by atoms with Crippen LogP contribution in [0.1, 0.15) is 118 Å². The molecule has 3 atom stereocenters. The van der Waals surface area contributed by atoms with Gasteiger partial charge in [-0.3, -0.25) is 19.3 Å². The fraction of sp³-hybridized carbons (Fsp3) is 0.508. The molecule has 10 rings (SSSR count). The third kappa shape index (κ3) is 12.6. The summed E-state index contributed by atoms with van der Waals surface area (Å²) in [6.45, 7) is 10.5. The lowest BCUT2D eigenvalue weighted by atomic mass is 10.0. The Morgan fingerprint density at radius 3 is 2.47 bits per heavy atom. The molecule has 18 nitrogen and oxygen atoms in total. The predicted molar refractivity (Wildman–Crippen MR) is 315 cm³/mol. The van der Waals surface area contributed by atoms with Crippen LogP contribution in [0, 0.1) is 11.3 Å². The number of halogens is 2. The van der Waals surface area contributed by atoms with Crippen molar-refractivity contribution in [3.63, 3.8) is 0 Å². The second-order valence-corrected chi connectivity index (χ2v) is 22.4. The molecule has 0 spiro atoms. The van der Waals surface area contributed by atoms with Crippen LogP contribution in [-0.2, 0) is 22.6 Å². The van der Waals surface area contributed by atoms with Gasteiger partial charge in [-0.15, -0.1) is 0 Å². The number of carbonyl (C=O) groups excluding carboxylic acids is 3. The summed E-state index contributed by atoms with van der Waals surface area (Å²) in [5, 5.41) is 18.9. The number of likely N-dealkylation sites (N-methyl/N-ethyl adjacent to an activating group) is 1. The van der Waals surface area contributed by atoms with E-state index in [1.54, 1.807) is 37.4 Å². The molecule has 5 aliphatic rings. The monoisotopic (exact) mass is 1120 g/mol. The van der Waals surface area contributed by atoms with Crippen LogP contribution >= 0.6 is 11.6 Å². The maximum Gasteiger partial charge on any atom is 0.318 e. The summed E-state index contributed by atoms with van der Waals surface area (Å²) in [6.07, 6.45) is 15.9. The van der Waals surface area contributed by atoms with Gasteiger partial charge >= 0.3 is 6.01 Å². The van der Waals surface area contributed by atoms with Crippen molar-refractivity contribution >= 4 is 74.7 Å². The van der Waals surface area contributed by atoms with Crippen molar-refractivity contribution in [3.05, 3.63) is 95.0 Å². The average Bonchev–Trinajstić information content (AvgIpc) is 4.33. The molecule has 2 saturated heterocycles. The molecule has 5 aromatic rings. The minimum atomic E-state index is -1.03. The molecule has 6 heterocycles. The van der Waals surface area contributed by atoms with E-state index >= 15 is 0 Å². The molecule has 1 saturated carbocycles. The van der Waals surface area contributed by atoms with E-state index in [0.717, 1.165) is 129 Å². The smallest absolute Gasteiger partial charge is 0.318 e. The number of rotatable bonds is 22. The third-order valence-electron chi connectivity index (χ3n) is 17.0. The number of ether oxygens (including phenoxy) is 2. The number of aromatic nitrogens is 4. The van der Waals surface area contributed by atoms with Crippen molar-refractivity contribution in [2.24, 2.45) is 0 Å². The number of fused-ring (bicyclic) bond motifs is 3. The topological polar surface area (TPSA) is 189 Å². The SMILES string of the molecule is C=C(F)C(=O)N1CCN(c2nc(OC[C@@H]3CCCN3CCCCCCCCNC(=O)c3ccc(Nc4ncc5c(n4)N(C4CCCC4)[C@H](CC)C(=O)N5C)c(OC)c3)nc3c2CCN(c2cccc4cccc(Cl)c24)C3)C[C@@H]1CC#N. The number of anilines is 6. The minimum Gasteiger partial charge on any atom is -0.495 e. The van der Waals surface area contributed by atoms with Crippen molar-refractivity contribution in [2.45, 2.75) is 134 Å². The highest BCUT2D eigenvalue weighted by Crippen LogP contribution is 2.42. The molecule has 2 aromatic heterocycles. The number of hydrogen-bond acceptors (Lipinski definition) is 15. The molecule has 3 fully saturated rings. The molecule has 2 N–H and O–H groups in total. The maximum atomic E-state index is 14.1. The molecule has 428 valence electrons. The van der Waals surface area contributed by atoms with E-state index in [4.69, 9.17) is 36.0 Å². The number of likely N-dealkylation sites (tertiary alicyclic amines) is 1. The summed E-state index contributed by atoms with van der Waals surface area (Å²) < 4.78 is 26.4. The van der Waals surface area contributed by atoms with E-state index in [1.165, 1.54) is 4.90 Å². The molecule has 0 radical (unpaired) electrons. The van der Waals surface area contributed by atoms with Crippen LogP contribution in [0.2, 0.25) is 5.02 Å². The first-order valence-corrected chi connectivity index (χ1v) is 29.4. The summed E-state index contributed by atoms with van der Waals surface area (Å²) in [7, 11) is 3.37. The first-order chi connectivity index (χ1) is 39.4. The van der Waals surface area contributed by atoms with Crippen molar-refractivity contribution in [1.29, 1.82) is 5.26 Å². The number of benzene rings is 3. The van der Waals surface area contributed by atoms with Crippen LogP contribution in [0.3, 0.4) is 0 Å². The molecule has 20 heteroatoms. The van der Waals surface area contributed by atoms with Gasteiger partial charge in [-0.2, -0.15) is 20.2 Å². The Kier molecular flexibility index (Phi) is 18.3. The van der Waals surface area contributed by atoms with Gasteiger partial charge in [-0.05, 0) is 100 Å². The van der Waals surface area contributed by atoms with Gasteiger partial charge in [0.2, 0.25) is 11.9 Å². The molecule has 4 aliphatic heterocycles. The highest BCUT2D eigenvalue weighted by atomic mass is 35.5. The zero-order chi connectivity index (χ0) is 56.6. The minimum absolute atomic E-state index is 0.0474. The fourth-order valence-electron chi connectivity index (χ4n) is 12.7. The van der Waals surface area contributed by atoms with Crippen molar-refractivity contribution in [2.75, 3.05) is 91.5 Å². The summed E-state index contributed by atoms with van der Waals surface area (Å²) >= 11 is 6.81. The molecule has 3 amide bonds. The molecule has 1 aliphatic carbocycles. The molecule has 0 bridgehead atoms. The normalized spacial score (nSPS) is 19.4. The number of nitrogens with zero attached hydrogens (tertiary/aromatic N) is 11. The lowest BCUT2D eigenvalue weighted by Gasteiger charge is -2.43. The largest absolute Gasteiger partial charge is 0.495 e. The molecular weight excluding hydrogens is 1050 g/mol.